The molecule has 148 valence electrons. The second-order valence-electron chi connectivity index (χ2n) is 7.35. The van der Waals surface area contributed by atoms with Gasteiger partial charge in [-0.05, 0) is 32.0 Å². The van der Waals surface area contributed by atoms with Crippen LogP contribution < -0.4 is 10.6 Å². The van der Waals surface area contributed by atoms with E-state index in [0.717, 1.165) is 19.6 Å². The van der Waals surface area contributed by atoms with Crippen LogP contribution in [0.2, 0.25) is 5.02 Å². The van der Waals surface area contributed by atoms with Crippen molar-refractivity contribution in [3.63, 3.8) is 0 Å². The number of nitrogens with one attached hydrogen (secondary N) is 2. The Kier molecular flexibility index (Phi) is 6.57. The molecule has 0 unspecified atom stereocenters. The van der Waals surface area contributed by atoms with Crippen molar-refractivity contribution in [1.29, 1.82) is 0 Å². The van der Waals surface area contributed by atoms with Crippen molar-refractivity contribution in [1.82, 2.24) is 20.0 Å². The molecule has 2 aliphatic rings. The highest BCUT2D eigenvalue weighted by Crippen LogP contribution is 2.16. The summed E-state index contributed by atoms with van der Waals surface area (Å²) < 4.78 is 0. The molecule has 8 heteroatoms. The fourth-order valence-electron chi connectivity index (χ4n) is 3.53. The van der Waals surface area contributed by atoms with E-state index in [1.807, 2.05) is 4.90 Å². The summed E-state index contributed by atoms with van der Waals surface area (Å²) in [5.41, 5.74) is 0.672. The summed E-state index contributed by atoms with van der Waals surface area (Å²) >= 11 is 5.95. The number of rotatable bonds is 3. The fraction of sp³-hybridized carbons (Fsp3) is 0.579. The van der Waals surface area contributed by atoms with Gasteiger partial charge in [-0.25, -0.2) is 4.79 Å². The molecule has 1 aromatic carbocycles. The summed E-state index contributed by atoms with van der Waals surface area (Å²) in [6.45, 7) is 9.02. The molecule has 2 heterocycles. The summed E-state index contributed by atoms with van der Waals surface area (Å²) in [5.74, 6) is 0.134. The van der Waals surface area contributed by atoms with Gasteiger partial charge < -0.3 is 20.4 Å². The average Bonchev–Trinajstić information content (AvgIpc) is 2.67. The summed E-state index contributed by atoms with van der Waals surface area (Å²) in [5, 5.41) is 6.77. The van der Waals surface area contributed by atoms with Gasteiger partial charge in [-0.3, -0.25) is 9.69 Å². The highest BCUT2D eigenvalue weighted by atomic mass is 35.5. The molecule has 27 heavy (non-hydrogen) atoms. The van der Waals surface area contributed by atoms with Crippen molar-refractivity contribution in [3.05, 3.63) is 29.3 Å². The van der Waals surface area contributed by atoms with Gasteiger partial charge in [-0.2, -0.15) is 0 Å². The third-order valence-corrected chi connectivity index (χ3v) is 5.42. The number of nitrogens with zero attached hydrogens (tertiary/aromatic N) is 3. The lowest BCUT2D eigenvalue weighted by atomic mass is 10.1. The first-order chi connectivity index (χ1) is 12.9. The number of piperazine rings is 2. The van der Waals surface area contributed by atoms with E-state index in [9.17, 15) is 9.59 Å². The molecular formula is C19H28ClN5O2. The molecule has 0 saturated carbocycles. The number of halogens is 1. The van der Waals surface area contributed by atoms with Crippen LogP contribution in [0.1, 0.15) is 13.8 Å². The molecule has 0 bridgehead atoms. The molecule has 2 N–H and O–H groups in total. The first-order valence-corrected chi connectivity index (χ1v) is 9.89. The molecule has 3 amide bonds. The molecule has 0 aromatic heterocycles. The van der Waals surface area contributed by atoms with Gasteiger partial charge in [0, 0.05) is 62.6 Å². The minimum atomic E-state index is -0.161. The Morgan fingerprint density at radius 3 is 2.52 bits per heavy atom. The average molecular weight is 394 g/mol. The van der Waals surface area contributed by atoms with E-state index in [1.54, 1.807) is 29.2 Å². The Labute approximate surface area is 165 Å². The largest absolute Gasteiger partial charge is 0.338 e. The van der Waals surface area contributed by atoms with Crippen molar-refractivity contribution in [2.24, 2.45) is 0 Å². The van der Waals surface area contributed by atoms with Gasteiger partial charge in [0.25, 0.3) is 0 Å². The fourth-order valence-corrected chi connectivity index (χ4v) is 3.72. The van der Waals surface area contributed by atoms with Crippen LogP contribution in [0.3, 0.4) is 0 Å². The van der Waals surface area contributed by atoms with Crippen LogP contribution in [-0.2, 0) is 4.79 Å². The van der Waals surface area contributed by atoms with Crippen molar-refractivity contribution in [3.8, 4) is 0 Å². The number of benzene rings is 1. The van der Waals surface area contributed by atoms with E-state index in [4.69, 9.17) is 11.6 Å². The summed E-state index contributed by atoms with van der Waals surface area (Å²) in [6.07, 6.45) is 0. The molecule has 3 rings (SSSR count). The lowest BCUT2D eigenvalue weighted by Crippen LogP contribution is -2.61. The van der Waals surface area contributed by atoms with E-state index in [-0.39, 0.29) is 18.0 Å². The number of hydrogen-bond acceptors (Lipinski definition) is 4. The van der Waals surface area contributed by atoms with E-state index in [1.165, 1.54) is 0 Å². The second kappa shape index (κ2) is 8.91. The van der Waals surface area contributed by atoms with E-state index in [0.29, 0.717) is 42.9 Å². The molecule has 2 saturated heterocycles. The van der Waals surface area contributed by atoms with Gasteiger partial charge in [0.05, 0.1) is 6.04 Å². The zero-order valence-electron chi connectivity index (χ0n) is 15.9. The number of urea groups is 1. The lowest BCUT2D eigenvalue weighted by molar-refractivity contribution is -0.136. The Morgan fingerprint density at radius 1 is 1.15 bits per heavy atom. The zero-order chi connectivity index (χ0) is 19.4. The molecule has 0 aliphatic carbocycles. The highest BCUT2D eigenvalue weighted by Gasteiger charge is 2.32. The molecule has 2 fully saturated rings. The standard InChI is InChI=1S/C19H28ClN5O2/c1-14(2)25-7-6-21-17(13-25)18(26)23-8-10-24(11-9-23)19(27)22-16-5-3-4-15(20)12-16/h3-5,12,14,17,21H,6-11,13H2,1-2H3,(H,22,27)/t17-/m1/s1. The molecule has 1 aromatic rings. The van der Waals surface area contributed by atoms with E-state index >= 15 is 0 Å². The molecule has 1 atom stereocenters. The van der Waals surface area contributed by atoms with Crippen LogP contribution in [0.25, 0.3) is 0 Å². The Morgan fingerprint density at radius 2 is 1.85 bits per heavy atom. The smallest absolute Gasteiger partial charge is 0.321 e. The van der Waals surface area contributed by atoms with Crippen molar-refractivity contribution >= 4 is 29.2 Å². The predicted octanol–water partition coefficient (Wildman–Crippen LogP) is 1.70. The van der Waals surface area contributed by atoms with Gasteiger partial charge in [-0.1, -0.05) is 17.7 Å². The predicted molar refractivity (Wildman–Crippen MR) is 107 cm³/mol. The van der Waals surface area contributed by atoms with Crippen LogP contribution in [-0.4, -0.2) is 84.5 Å². The monoisotopic (exact) mass is 393 g/mol. The lowest BCUT2D eigenvalue weighted by Gasteiger charge is -2.40. The molecule has 7 nitrogen and oxygen atoms in total. The van der Waals surface area contributed by atoms with Crippen molar-refractivity contribution < 1.29 is 9.59 Å². The minimum absolute atomic E-state index is 0.134. The quantitative estimate of drug-likeness (QED) is 0.820. The van der Waals surface area contributed by atoms with Crippen LogP contribution in [0.5, 0.6) is 0 Å². The van der Waals surface area contributed by atoms with Crippen LogP contribution in [0.15, 0.2) is 24.3 Å². The Bertz CT molecular complexity index is 676. The number of anilines is 1. The Balaban J connectivity index is 1.49. The van der Waals surface area contributed by atoms with Gasteiger partial charge in [-0.15, -0.1) is 0 Å². The first kappa shape index (κ1) is 19.9. The Hall–Kier alpha value is -1.83. The molecule has 0 spiro atoms. The number of amides is 3. The maximum atomic E-state index is 12.8. The van der Waals surface area contributed by atoms with Crippen molar-refractivity contribution in [2.75, 3.05) is 51.1 Å². The number of hydrogen-bond donors (Lipinski definition) is 2. The van der Waals surface area contributed by atoms with Crippen LogP contribution in [0, 0.1) is 0 Å². The summed E-state index contributed by atoms with van der Waals surface area (Å²) in [7, 11) is 0. The maximum Gasteiger partial charge on any atom is 0.321 e. The minimum Gasteiger partial charge on any atom is -0.338 e. The highest BCUT2D eigenvalue weighted by molar-refractivity contribution is 6.30. The number of carbonyl (C=O) groups excluding carboxylic acids is 2. The topological polar surface area (TPSA) is 67.9 Å². The third kappa shape index (κ3) is 5.12. The molecule has 2 aliphatic heterocycles. The van der Waals surface area contributed by atoms with Crippen LogP contribution >= 0.6 is 11.6 Å². The normalized spacial score (nSPS) is 21.4. The van der Waals surface area contributed by atoms with E-state index < -0.39 is 0 Å². The van der Waals surface area contributed by atoms with Crippen LogP contribution in [0.4, 0.5) is 10.5 Å². The number of carbonyl (C=O) groups is 2. The van der Waals surface area contributed by atoms with Gasteiger partial charge in [0.1, 0.15) is 0 Å². The van der Waals surface area contributed by atoms with Gasteiger partial charge >= 0.3 is 6.03 Å². The zero-order valence-corrected chi connectivity index (χ0v) is 16.7. The summed E-state index contributed by atoms with van der Waals surface area (Å²) in [4.78, 5) is 31.2. The van der Waals surface area contributed by atoms with Gasteiger partial charge in [0.2, 0.25) is 5.91 Å². The van der Waals surface area contributed by atoms with Gasteiger partial charge in [0.15, 0.2) is 0 Å². The third-order valence-electron chi connectivity index (χ3n) is 5.19. The molecular weight excluding hydrogens is 366 g/mol. The summed E-state index contributed by atoms with van der Waals surface area (Å²) in [6, 6.07) is 7.20. The maximum absolute atomic E-state index is 12.8. The van der Waals surface area contributed by atoms with E-state index in [2.05, 4.69) is 29.4 Å². The second-order valence-corrected chi connectivity index (χ2v) is 7.78. The molecule has 0 radical (unpaired) electrons. The first-order valence-electron chi connectivity index (χ1n) is 9.52. The van der Waals surface area contributed by atoms with Crippen molar-refractivity contribution in [2.45, 2.75) is 25.9 Å². The SMILES string of the molecule is CC(C)N1CCN[C@@H](C(=O)N2CCN(C(=O)Nc3cccc(Cl)c3)CC2)C1.